The van der Waals surface area contributed by atoms with E-state index >= 15 is 0 Å². The molecular formula is C17H27FN2O. The SMILES string of the molecule is CN(CC1CCCCO1)C(C)(CN)Cc1ccc(F)cc1. The molecule has 1 heterocycles. The summed E-state index contributed by atoms with van der Waals surface area (Å²) in [6.07, 6.45) is 4.66. The van der Waals surface area contributed by atoms with Gasteiger partial charge >= 0.3 is 0 Å². The summed E-state index contributed by atoms with van der Waals surface area (Å²) in [5.41, 5.74) is 7.01. The van der Waals surface area contributed by atoms with Gasteiger partial charge in [0.05, 0.1) is 6.10 Å². The van der Waals surface area contributed by atoms with E-state index in [2.05, 4.69) is 18.9 Å². The van der Waals surface area contributed by atoms with Crippen LogP contribution in [0.5, 0.6) is 0 Å². The molecule has 2 unspecified atom stereocenters. The largest absolute Gasteiger partial charge is 0.377 e. The van der Waals surface area contributed by atoms with Crippen molar-refractivity contribution < 1.29 is 9.13 Å². The minimum absolute atomic E-state index is 0.140. The summed E-state index contributed by atoms with van der Waals surface area (Å²) < 4.78 is 18.8. The highest BCUT2D eigenvalue weighted by Gasteiger charge is 2.30. The van der Waals surface area contributed by atoms with Crippen LogP contribution in [0.4, 0.5) is 4.39 Å². The van der Waals surface area contributed by atoms with E-state index in [-0.39, 0.29) is 11.4 Å². The molecule has 2 N–H and O–H groups in total. The van der Waals surface area contributed by atoms with Crippen molar-refractivity contribution in [1.29, 1.82) is 0 Å². The molecule has 0 spiro atoms. The fourth-order valence-corrected chi connectivity index (χ4v) is 2.88. The molecule has 2 rings (SSSR count). The number of hydrogen-bond acceptors (Lipinski definition) is 3. The predicted octanol–water partition coefficient (Wildman–Crippen LogP) is 2.59. The highest BCUT2D eigenvalue weighted by molar-refractivity contribution is 5.19. The van der Waals surface area contributed by atoms with Crippen LogP contribution in [0.2, 0.25) is 0 Å². The third kappa shape index (κ3) is 4.50. The number of nitrogens with zero attached hydrogens (tertiary/aromatic N) is 1. The second-order valence-corrected chi connectivity index (χ2v) is 6.37. The number of hydrogen-bond donors (Lipinski definition) is 1. The summed E-state index contributed by atoms with van der Waals surface area (Å²) in [5, 5.41) is 0. The van der Waals surface area contributed by atoms with Crippen molar-refractivity contribution in [3.63, 3.8) is 0 Å². The number of ether oxygens (including phenoxy) is 1. The van der Waals surface area contributed by atoms with Crippen LogP contribution >= 0.6 is 0 Å². The normalized spacial score (nSPS) is 22.2. The number of benzene rings is 1. The lowest BCUT2D eigenvalue weighted by atomic mass is 9.90. The summed E-state index contributed by atoms with van der Waals surface area (Å²) in [7, 11) is 2.11. The van der Waals surface area contributed by atoms with Crippen LogP contribution in [-0.2, 0) is 11.2 Å². The molecule has 1 aromatic rings. The third-order valence-corrected chi connectivity index (χ3v) is 4.61. The third-order valence-electron chi connectivity index (χ3n) is 4.61. The van der Waals surface area contributed by atoms with Gasteiger partial charge in [0, 0.05) is 25.2 Å². The van der Waals surface area contributed by atoms with Crippen LogP contribution < -0.4 is 5.73 Å². The molecule has 1 saturated heterocycles. The van der Waals surface area contributed by atoms with Crippen molar-refractivity contribution in [3.8, 4) is 0 Å². The summed E-state index contributed by atoms with van der Waals surface area (Å²) in [6.45, 7) is 4.50. The van der Waals surface area contributed by atoms with Crippen LogP contribution in [0.15, 0.2) is 24.3 Å². The Kier molecular flexibility index (Phi) is 5.73. The highest BCUT2D eigenvalue weighted by atomic mass is 19.1. The van der Waals surface area contributed by atoms with Gasteiger partial charge in [-0.3, -0.25) is 4.90 Å². The first-order chi connectivity index (χ1) is 10.0. The fraction of sp³-hybridized carbons (Fsp3) is 0.647. The van der Waals surface area contributed by atoms with Gasteiger partial charge in [-0.05, 0) is 57.4 Å². The zero-order chi connectivity index (χ0) is 15.3. The minimum atomic E-state index is -0.197. The van der Waals surface area contributed by atoms with E-state index in [0.717, 1.165) is 31.6 Å². The van der Waals surface area contributed by atoms with E-state index in [1.165, 1.54) is 25.0 Å². The van der Waals surface area contributed by atoms with E-state index < -0.39 is 0 Å². The monoisotopic (exact) mass is 294 g/mol. The molecule has 0 aliphatic carbocycles. The van der Waals surface area contributed by atoms with Crippen molar-refractivity contribution in [1.82, 2.24) is 4.90 Å². The van der Waals surface area contributed by atoms with Crippen LogP contribution in [-0.4, -0.2) is 43.3 Å². The lowest BCUT2D eigenvalue weighted by Crippen LogP contribution is -2.54. The first kappa shape index (κ1) is 16.4. The maximum atomic E-state index is 13.0. The maximum absolute atomic E-state index is 13.0. The fourth-order valence-electron chi connectivity index (χ4n) is 2.88. The maximum Gasteiger partial charge on any atom is 0.123 e. The van der Waals surface area contributed by atoms with E-state index in [9.17, 15) is 4.39 Å². The molecule has 118 valence electrons. The highest BCUT2D eigenvalue weighted by Crippen LogP contribution is 2.22. The molecule has 0 aromatic heterocycles. The Labute approximate surface area is 127 Å². The van der Waals surface area contributed by atoms with Crippen molar-refractivity contribution in [2.75, 3.05) is 26.7 Å². The van der Waals surface area contributed by atoms with Crippen molar-refractivity contribution in [3.05, 3.63) is 35.6 Å². The van der Waals surface area contributed by atoms with Gasteiger partial charge < -0.3 is 10.5 Å². The zero-order valence-electron chi connectivity index (χ0n) is 13.1. The average molecular weight is 294 g/mol. The number of halogens is 1. The Bertz CT molecular complexity index is 431. The van der Waals surface area contributed by atoms with E-state index in [4.69, 9.17) is 10.5 Å². The van der Waals surface area contributed by atoms with Crippen LogP contribution in [0.1, 0.15) is 31.7 Å². The Morgan fingerprint density at radius 2 is 2.05 bits per heavy atom. The van der Waals surface area contributed by atoms with Gasteiger partial charge in [-0.15, -0.1) is 0 Å². The average Bonchev–Trinajstić information content (AvgIpc) is 2.50. The standard InChI is InChI=1S/C17H27FN2O/c1-17(13-19,11-14-6-8-15(18)9-7-14)20(2)12-16-5-3-4-10-21-16/h6-9,16H,3-5,10-13,19H2,1-2H3. The number of rotatable bonds is 6. The molecule has 2 atom stereocenters. The molecule has 1 aliphatic heterocycles. The molecule has 1 fully saturated rings. The molecule has 21 heavy (non-hydrogen) atoms. The molecule has 4 heteroatoms. The molecule has 0 amide bonds. The molecule has 0 bridgehead atoms. The first-order valence-electron chi connectivity index (χ1n) is 7.81. The first-order valence-corrected chi connectivity index (χ1v) is 7.81. The topological polar surface area (TPSA) is 38.5 Å². The van der Waals surface area contributed by atoms with E-state index in [1.54, 1.807) is 0 Å². The predicted molar refractivity (Wildman–Crippen MR) is 83.8 cm³/mol. The zero-order valence-corrected chi connectivity index (χ0v) is 13.1. The quantitative estimate of drug-likeness (QED) is 0.876. The smallest absolute Gasteiger partial charge is 0.123 e. The van der Waals surface area contributed by atoms with Gasteiger partial charge in [0.25, 0.3) is 0 Å². The van der Waals surface area contributed by atoms with Crippen LogP contribution in [0.25, 0.3) is 0 Å². The van der Waals surface area contributed by atoms with Crippen molar-refractivity contribution >= 4 is 0 Å². The minimum Gasteiger partial charge on any atom is -0.377 e. The van der Waals surface area contributed by atoms with Gasteiger partial charge in [-0.2, -0.15) is 0 Å². The Hall–Kier alpha value is -0.970. The number of nitrogens with two attached hydrogens (primary N) is 1. The molecule has 1 aromatic carbocycles. The van der Waals surface area contributed by atoms with Crippen molar-refractivity contribution in [2.24, 2.45) is 5.73 Å². The van der Waals surface area contributed by atoms with Gasteiger partial charge in [0.1, 0.15) is 5.82 Å². The van der Waals surface area contributed by atoms with E-state index in [1.807, 2.05) is 12.1 Å². The Balaban J connectivity index is 1.99. The molecule has 3 nitrogen and oxygen atoms in total. The Morgan fingerprint density at radius 3 is 2.62 bits per heavy atom. The van der Waals surface area contributed by atoms with Gasteiger partial charge in [-0.1, -0.05) is 12.1 Å². The molecule has 0 saturated carbocycles. The van der Waals surface area contributed by atoms with Gasteiger partial charge in [0.15, 0.2) is 0 Å². The molecule has 0 radical (unpaired) electrons. The summed E-state index contributed by atoms with van der Waals surface area (Å²) in [4.78, 5) is 2.30. The van der Waals surface area contributed by atoms with Crippen LogP contribution in [0.3, 0.4) is 0 Å². The second kappa shape index (κ2) is 7.34. The molecule has 1 aliphatic rings. The van der Waals surface area contributed by atoms with Crippen molar-refractivity contribution in [2.45, 2.75) is 44.2 Å². The van der Waals surface area contributed by atoms with Gasteiger partial charge in [-0.25, -0.2) is 4.39 Å². The van der Waals surface area contributed by atoms with Gasteiger partial charge in [0.2, 0.25) is 0 Å². The Morgan fingerprint density at radius 1 is 1.33 bits per heavy atom. The number of likely N-dealkylation sites (N-methyl/N-ethyl adjacent to an activating group) is 1. The van der Waals surface area contributed by atoms with Crippen LogP contribution in [0, 0.1) is 5.82 Å². The molecular weight excluding hydrogens is 267 g/mol. The summed E-state index contributed by atoms with van der Waals surface area (Å²) in [6, 6.07) is 6.70. The lowest BCUT2D eigenvalue weighted by molar-refractivity contribution is -0.0197. The lowest BCUT2D eigenvalue weighted by Gasteiger charge is -2.40. The summed E-state index contributed by atoms with van der Waals surface area (Å²) in [5.74, 6) is -0.197. The summed E-state index contributed by atoms with van der Waals surface area (Å²) >= 11 is 0. The van der Waals surface area contributed by atoms with E-state index in [0.29, 0.717) is 12.6 Å². The second-order valence-electron chi connectivity index (χ2n) is 6.37.